The van der Waals surface area contributed by atoms with E-state index in [0.717, 1.165) is 17.3 Å². The van der Waals surface area contributed by atoms with Crippen LogP contribution < -0.4 is 10.6 Å². The quantitative estimate of drug-likeness (QED) is 0.721. The average molecular weight is 339 g/mol. The molecule has 3 N–H and O–H groups in total. The molecule has 1 aromatic rings. The highest BCUT2D eigenvalue weighted by atomic mass is 79.9. The molecule has 2 atom stereocenters. The van der Waals surface area contributed by atoms with Crippen LogP contribution in [-0.2, 0) is 6.42 Å². The first kappa shape index (κ1) is 15.1. The maximum absolute atomic E-state index is 11.7. The van der Waals surface area contributed by atoms with Crippen molar-refractivity contribution in [2.45, 2.75) is 18.9 Å². The van der Waals surface area contributed by atoms with Crippen molar-refractivity contribution in [3.8, 4) is 0 Å². The number of benzene rings is 1. The number of amides is 2. The Morgan fingerprint density at radius 3 is 2.85 bits per heavy atom. The van der Waals surface area contributed by atoms with E-state index in [1.54, 1.807) is 0 Å². The number of carbonyl (C=O) groups excluding carboxylic acids is 1. The third-order valence-corrected chi connectivity index (χ3v) is 4.13. The summed E-state index contributed by atoms with van der Waals surface area (Å²) >= 11 is 3.49. The maximum Gasteiger partial charge on any atom is 0.315 e. The van der Waals surface area contributed by atoms with Gasteiger partial charge < -0.3 is 15.7 Å². The lowest BCUT2D eigenvalue weighted by molar-refractivity contribution is 0.231. The number of nitrogens with one attached hydrogen (secondary N) is 2. The van der Waals surface area contributed by atoms with Gasteiger partial charge in [0.05, 0.1) is 0 Å². The molecule has 0 bridgehead atoms. The van der Waals surface area contributed by atoms with Crippen molar-refractivity contribution in [1.82, 2.24) is 10.6 Å². The summed E-state index contributed by atoms with van der Waals surface area (Å²) in [5.74, 6) is 0.167. The second-order valence-electron chi connectivity index (χ2n) is 4.91. The smallest absolute Gasteiger partial charge is 0.315 e. The highest BCUT2D eigenvalue weighted by Gasteiger charge is 2.19. The van der Waals surface area contributed by atoms with Crippen molar-refractivity contribution in [1.29, 1.82) is 0 Å². The van der Waals surface area contributed by atoms with Gasteiger partial charge >= 0.3 is 6.03 Å². The van der Waals surface area contributed by atoms with Crippen LogP contribution in [-0.4, -0.2) is 30.3 Å². The molecule has 0 unspecified atom stereocenters. The Hall–Kier alpha value is -1.33. The lowest BCUT2D eigenvalue weighted by Crippen LogP contribution is -2.41. The third kappa shape index (κ3) is 4.35. The van der Waals surface area contributed by atoms with Crippen molar-refractivity contribution in [3.05, 3.63) is 46.5 Å². The number of halogens is 1. The lowest BCUT2D eigenvalue weighted by atomic mass is 10.1. The number of aliphatic hydroxyl groups is 1. The molecule has 1 aliphatic rings. The van der Waals surface area contributed by atoms with E-state index in [2.05, 4.69) is 26.6 Å². The molecular weight excluding hydrogens is 320 g/mol. The third-order valence-electron chi connectivity index (χ3n) is 3.36. The standard InChI is InChI=1S/C15H19BrN2O2/c16-14-4-2-1-3-12(14)7-8-17-15(20)18-13-6-5-11(9-13)10-19/h1-6,11,13,19H,7-10H2,(H2,17,18,20)/t11-,13+/m0/s1. The molecule has 2 rings (SSSR count). The molecule has 1 aromatic carbocycles. The van der Waals surface area contributed by atoms with Gasteiger partial charge in [0.25, 0.3) is 0 Å². The van der Waals surface area contributed by atoms with Gasteiger partial charge in [-0.3, -0.25) is 0 Å². The van der Waals surface area contributed by atoms with Crippen molar-refractivity contribution in [3.63, 3.8) is 0 Å². The first-order chi connectivity index (χ1) is 9.69. The zero-order chi connectivity index (χ0) is 14.4. The predicted molar refractivity (Wildman–Crippen MR) is 82.5 cm³/mol. The fraction of sp³-hybridized carbons (Fsp3) is 0.400. The number of rotatable bonds is 5. The molecule has 1 aliphatic carbocycles. The molecule has 0 aromatic heterocycles. The van der Waals surface area contributed by atoms with E-state index in [-0.39, 0.29) is 24.6 Å². The first-order valence-corrected chi connectivity index (χ1v) is 7.55. The zero-order valence-electron chi connectivity index (χ0n) is 11.2. The second-order valence-corrected chi connectivity index (χ2v) is 5.77. The van der Waals surface area contributed by atoms with Crippen molar-refractivity contribution >= 4 is 22.0 Å². The SMILES string of the molecule is O=C(NCCc1ccccc1Br)N[C@@H]1C=C[C@H](CO)C1. The van der Waals surface area contributed by atoms with Crippen LogP contribution in [0.2, 0.25) is 0 Å². The van der Waals surface area contributed by atoms with Gasteiger partial charge in [-0.15, -0.1) is 0 Å². The minimum atomic E-state index is -0.162. The maximum atomic E-state index is 11.7. The van der Waals surface area contributed by atoms with Gasteiger partial charge in [-0.25, -0.2) is 4.79 Å². The van der Waals surface area contributed by atoms with Crippen LogP contribution >= 0.6 is 15.9 Å². The van der Waals surface area contributed by atoms with Crippen LogP contribution in [0.15, 0.2) is 40.9 Å². The monoisotopic (exact) mass is 338 g/mol. The number of hydrogen-bond acceptors (Lipinski definition) is 2. The highest BCUT2D eigenvalue weighted by Crippen LogP contribution is 2.17. The molecule has 5 heteroatoms. The molecule has 0 aliphatic heterocycles. The first-order valence-electron chi connectivity index (χ1n) is 6.76. The molecule has 0 fully saturated rings. The highest BCUT2D eigenvalue weighted by molar-refractivity contribution is 9.10. The summed E-state index contributed by atoms with van der Waals surface area (Å²) in [5.41, 5.74) is 1.17. The fourth-order valence-electron chi connectivity index (χ4n) is 2.25. The van der Waals surface area contributed by atoms with Gasteiger partial charge in [0.1, 0.15) is 0 Å². The Labute approximate surface area is 127 Å². The van der Waals surface area contributed by atoms with E-state index in [4.69, 9.17) is 5.11 Å². The molecule has 2 amide bonds. The molecule has 0 heterocycles. The van der Waals surface area contributed by atoms with E-state index in [1.807, 2.05) is 36.4 Å². The van der Waals surface area contributed by atoms with E-state index in [0.29, 0.717) is 6.54 Å². The Kier molecular flexibility index (Phi) is 5.61. The summed E-state index contributed by atoms with van der Waals surface area (Å²) in [6.07, 6.45) is 5.45. The summed E-state index contributed by atoms with van der Waals surface area (Å²) in [5, 5.41) is 14.8. The van der Waals surface area contributed by atoms with Crippen LogP contribution in [0.3, 0.4) is 0 Å². The normalized spacial score (nSPS) is 20.9. The second kappa shape index (κ2) is 7.45. The molecule has 0 radical (unpaired) electrons. The van der Waals surface area contributed by atoms with Gasteiger partial charge in [0, 0.05) is 29.6 Å². The number of carbonyl (C=O) groups is 1. The summed E-state index contributed by atoms with van der Waals surface area (Å²) in [6.45, 7) is 0.729. The van der Waals surface area contributed by atoms with Crippen molar-refractivity contribution in [2.24, 2.45) is 5.92 Å². The summed E-state index contributed by atoms with van der Waals surface area (Å²) in [4.78, 5) is 11.7. The van der Waals surface area contributed by atoms with Crippen molar-refractivity contribution < 1.29 is 9.90 Å². The molecule has 4 nitrogen and oxygen atoms in total. The topological polar surface area (TPSA) is 61.4 Å². The Morgan fingerprint density at radius 2 is 2.15 bits per heavy atom. The Morgan fingerprint density at radius 1 is 1.35 bits per heavy atom. The van der Waals surface area contributed by atoms with Crippen LogP contribution in [0, 0.1) is 5.92 Å². The molecule has 0 saturated heterocycles. The van der Waals surface area contributed by atoms with Crippen LogP contribution in [0.25, 0.3) is 0 Å². The largest absolute Gasteiger partial charge is 0.396 e. The van der Waals surface area contributed by atoms with Gasteiger partial charge in [-0.05, 0) is 24.5 Å². The molecule has 20 heavy (non-hydrogen) atoms. The fourth-order valence-corrected chi connectivity index (χ4v) is 2.73. The van der Waals surface area contributed by atoms with E-state index in [9.17, 15) is 4.79 Å². The van der Waals surface area contributed by atoms with E-state index in [1.165, 1.54) is 5.56 Å². The Bertz CT molecular complexity index is 491. The lowest BCUT2D eigenvalue weighted by Gasteiger charge is -2.13. The number of hydrogen-bond donors (Lipinski definition) is 3. The summed E-state index contributed by atoms with van der Waals surface area (Å²) < 4.78 is 1.06. The average Bonchev–Trinajstić information content (AvgIpc) is 2.88. The van der Waals surface area contributed by atoms with Gasteiger partial charge in [0.15, 0.2) is 0 Å². The Balaban J connectivity index is 1.69. The van der Waals surface area contributed by atoms with Gasteiger partial charge in [-0.2, -0.15) is 0 Å². The van der Waals surface area contributed by atoms with E-state index >= 15 is 0 Å². The number of urea groups is 1. The molecule has 0 saturated carbocycles. The van der Waals surface area contributed by atoms with Crippen molar-refractivity contribution in [2.75, 3.05) is 13.2 Å². The molecule has 0 spiro atoms. The zero-order valence-corrected chi connectivity index (χ0v) is 12.8. The van der Waals surface area contributed by atoms with Crippen LogP contribution in [0.4, 0.5) is 4.79 Å². The molecular formula is C15H19BrN2O2. The van der Waals surface area contributed by atoms with Gasteiger partial charge in [0.2, 0.25) is 0 Å². The van der Waals surface area contributed by atoms with Crippen LogP contribution in [0.1, 0.15) is 12.0 Å². The van der Waals surface area contributed by atoms with Crippen LogP contribution in [0.5, 0.6) is 0 Å². The minimum Gasteiger partial charge on any atom is -0.396 e. The van der Waals surface area contributed by atoms with Gasteiger partial charge in [-0.1, -0.05) is 46.3 Å². The number of aliphatic hydroxyl groups excluding tert-OH is 1. The minimum absolute atomic E-state index is 0.0237. The predicted octanol–water partition coefficient (Wildman–Crippen LogP) is 2.23. The summed E-state index contributed by atoms with van der Waals surface area (Å²) in [6, 6.07) is 7.85. The molecule has 108 valence electrons. The summed E-state index contributed by atoms with van der Waals surface area (Å²) in [7, 11) is 0. The van der Waals surface area contributed by atoms with E-state index < -0.39 is 0 Å².